The van der Waals surface area contributed by atoms with Crippen LogP contribution in [0.4, 0.5) is 0 Å². The van der Waals surface area contributed by atoms with Crippen LogP contribution in [0.3, 0.4) is 0 Å². The second kappa shape index (κ2) is 3.27. The van der Waals surface area contributed by atoms with Crippen LogP contribution >= 0.6 is 0 Å². The normalized spacial score (nSPS) is 18.8. The van der Waals surface area contributed by atoms with Crippen LogP contribution in [0.1, 0.15) is 24.3 Å². The molecule has 66 valence electrons. The van der Waals surface area contributed by atoms with Crippen molar-refractivity contribution < 1.29 is 4.52 Å². The van der Waals surface area contributed by atoms with Gasteiger partial charge < -0.3 is 4.52 Å². The lowest BCUT2D eigenvalue weighted by atomic mass is 10.3. The molecular formula is C9H14N2O. The molecule has 2 rings (SSSR count). The molecular weight excluding hydrogens is 152 g/mol. The summed E-state index contributed by atoms with van der Waals surface area (Å²) in [7, 11) is 0. The van der Waals surface area contributed by atoms with Gasteiger partial charge in [-0.05, 0) is 32.9 Å². The van der Waals surface area contributed by atoms with Crippen molar-refractivity contribution >= 4 is 0 Å². The van der Waals surface area contributed by atoms with E-state index >= 15 is 0 Å². The van der Waals surface area contributed by atoms with Gasteiger partial charge in [0.2, 0.25) is 0 Å². The van der Waals surface area contributed by atoms with E-state index < -0.39 is 0 Å². The highest BCUT2D eigenvalue weighted by Crippen LogP contribution is 2.12. The number of hydrogen-bond acceptors (Lipinski definition) is 3. The van der Waals surface area contributed by atoms with Crippen LogP contribution in [0.15, 0.2) is 10.6 Å². The van der Waals surface area contributed by atoms with Crippen LogP contribution < -0.4 is 0 Å². The molecule has 1 aliphatic rings. The van der Waals surface area contributed by atoms with Gasteiger partial charge in [-0.3, -0.25) is 4.90 Å². The van der Waals surface area contributed by atoms with Crippen LogP contribution in [0.25, 0.3) is 0 Å². The maximum atomic E-state index is 5.13. The molecule has 1 aliphatic heterocycles. The highest BCUT2D eigenvalue weighted by molar-refractivity contribution is 5.02. The first-order chi connectivity index (χ1) is 5.84. The summed E-state index contributed by atoms with van der Waals surface area (Å²) in [6.07, 6.45) is 2.65. The van der Waals surface area contributed by atoms with Gasteiger partial charge in [-0.1, -0.05) is 5.16 Å². The Morgan fingerprint density at radius 1 is 1.50 bits per heavy atom. The molecule has 1 aromatic rings. The van der Waals surface area contributed by atoms with E-state index in [0.717, 1.165) is 18.0 Å². The molecule has 12 heavy (non-hydrogen) atoms. The van der Waals surface area contributed by atoms with Gasteiger partial charge in [0, 0.05) is 6.07 Å². The number of hydrogen-bond donors (Lipinski definition) is 0. The number of aromatic nitrogens is 1. The molecule has 0 aliphatic carbocycles. The van der Waals surface area contributed by atoms with Gasteiger partial charge in [-0.2, -0.15) is 0 Å². The second-order valence-corrected chi connectivity index (χ2v) is 3.42. The molecule has 0 bridgehead atoms. The van der Waals surface area contributed by atoms with Crippen LogP contribution in [-0.4, -0.2) is 23.1 Å². The molecule has 1 aromatic heterocycles. The lowest BCUT2D eigenvalue weighted by Gasteiger charge is -2.10. The van der Waals surface area contributed by atoms with Gasteiger partial charge in [-0.25, -0.2) is 0 Å². The van der Waals surface area contributed by atoms with Crippen LogP contribution in [0, 0.1) is 6.92 Å². The Kier molecular flexibility index (Phi) is 2.13. The zero-order valence-corrected chi connectivity index (χ0v) is 7.42. The van der Waals surface area contributed by atoms with E-state index in [9.17, 15) is 0 Å². The Morgan fingerprint density at radius 2 is 2.25 bits per heavy atom. The first-order valence-electron chi connectivity index (χ1n) is 4.49. The summed E-state index contributed by atoms with van der Waals surface area (Å²) in [5.74, 6) is 0.995. The number of aryl methyl sites for hydroxylation is 1. The smallest absolute Gasteiger partial charge is 0.150 e. The average molecular weight is 166 g/mol. The van der Waals surface area contributed by atoms with Gasteiger partial charge in [0.05, 0.1) is 12.2 Å². The summed E-state index contributed by atoms with van der Waals surface area (Å²) in [6, 6.07) is 2.01. The molecule has 0 N–H and O–H groups in total. The molecule has 0 amide bonds. The molecule has 0 radical (unpaired) electrons. The minimum absolute atomic E-state index is 0.931. The monoisotopic (exact) mass is 166 g/mol. The molecule has 0 saturated carbocycles. The highest BCUT2D eigenvalue weighted by Gasteiger charge is 2.13. The number of likely N-dealkylation sites (tertiary alicyclic amines) is 1. The third-order valence-corrected chi connectivity index (χ3v) is 2.25. The fraction of sp³-hybridized carbons (Fsp3) is 0.667. The van der Waals surface area contributed by atoms with E-state index in [4.69, 9.17) is 4.52 Å². The second-order valence-electron chi connectivity index (χ2n) is 3.42. The summed E-state index contributed by atoms with van der Waals surface area (Å²) in [5.41, 5.74) is 0.976. The molecule has 0 unspecified atom stereocenters. The lowest BCUT2D eigenvalue weighted by Crippen LogP contribution is -2.17. The molecule has 2 heterocycles. The maximum Gasteiger partial charge on any atom is 0.150 e. The highest BCUT2D eigenvalue weighted by atomic mass is 16.5. The Morgan fingerprint density at radius 3 is 2.83 bits per heavy atom. The Hall–Kier alpha value is -0.830. The minimum atomic E-state index is 0.931. The first-order valence-corrected chi connectivity index (χ1v) is 4.49. The number of rotatable bonds is 2. The fourth-order valence-corrected chi connectivity index (χ4v) is 1.65. The van der Waals surface area contributed by atoms with Crippen LogP contribution in [0.2, 0.25) is 0 Å². The molecule has 0 atom stereocenters. The van der Waals surface area contributed by atoms with E-state index in [1.165, 1.54) is 25.9 Å². The van der Waals surface area contributed by atoms with Crippen molar-refractivity contribution in [2.24, 2.45) is 0 Å². The Balaban J connectivity index is 1.94. The number of nitrogens with zero attached hydrogens (tertiary/aromatic N) is 2. The van der Waals surface area contributed by atoms with Crippen molar-refractivity contribution in [1.82, 2.24) is 10.1 Å². The van der Waals surface area contributed by atoms with Crippen molar-refractivity contribution in [3.05, 3.63) is 17.5 Å². The van der Waals surface area contributed by atoms with E-state index in [2.05, 4.69) is 10.1 Å². The standard InChI is InChI=1S/C9H14N2O/c1-8-6-9(12-10-8)7-11-4-2-3-5-11/h6H,2-5,7H2,1H3. The molecule has 1 saturated heterocycles. The van der Waals surface area contributed by atoms with Crippen molar-refractivity contribution in [3.63, 3.8) is 0 Å². The average Bonchev–Trinajstić information content (AvgIpc) is 2.63. The molecule has 0 spiro atoms. The maximum absolute atomic E-state index is 5.13. The topological polar surface area (TPSA) is 29.3 Å². The van der Waals surface area contributed by atoms with Crippen molar-refractivity contribution in [3.8, 4) is 0 Å². The predicted molar refractivity (Wildman–Crippen MR) is 45.8 cm³/mol. The van der Waals surface area contributed by atoms with E-state index in [-0.39, 0.29) is 0 Å². The lowest BCUT2D eigenvalue weighted by molar-refractivity contribution is 0.273. The first kappa shape index (κ1) is 7.80. The van der Waals surface area contributed by atoms with Gasteiger partial charge in [0.1, 0.15) is 0 Å². The summed E-state index contributed by atoms with van der Waals surface area (Å²) in [4.78, 5) is 2.40. The van der Waals surface area contributed by atoms with E-state index in [1.807, 2.05) is 13.0 Å². The predicted octanol–water partition coefficient (Wildman–Crippen LogP) is 1.58. The summed E-state index contributed by atoms with van der Waals surface area (Å²) in [5, 5.41) is 3.86. The van der Waals surface area contributed by atoms with Gasteiger partial charge >= 0.3 is 0 Å². The molecule has 0 aromatic carbocycles. The fourth-order valence-electron chi connectivity index (χ4n) is 1.65. The van der Waals surface area contributed by atoms with Gasteiger partial charge in [-0.15, -0.1) is 0 Å². The van der Waals surface area contributed by atoms with Crippen LogP contribution in [0.5, 0.6) is 0 Å². The third-order valence-electron chi connectivity index (χ3n) is 2.25. The molecule has 3 heteroatoms. The van der Waals surface area contributed by atoms with Crippen molar-refractivity contribution in [1.29, 1.82) is 0 Å². The summed E-state index contributed by atoms with van der Waals surface area (Å²) >= 11 is 0. The summed E-state index contributed by atoms with van der Waals surface area (Å²) in [6.45, 7) is 5.30. The van der Waals surface area contributed by atoms with E-state index in [1.54, 1.807) is 0 Å². The SMILES string of the molecule is Cc1cc(CN2CCCC2)on1. The Labute approximate surface area is 72.3 Å². The van der Waals surface area contributed by atoms with Crippen LogP contribution in [-0.2, 0) is 6.54 Å². The molecule has 3 nitrogen and oxygen atoms in total. The summed E-state index contributed by atoms with van der Waals surface area (Å²) < 4.78 is 5.13. The van der Waals surface area contributed by atoms with E-state index in [0.29, 0.717) is 0 Å². The zero-order valence-electron chi connectivity index (χ0n) is 7.42. The van der Waals surface area contributed by atoms with Crippen molar-refractivity contribution in [2.45, 2.75) is 26.3 Å². The molecule has 1 fully saturated rings. The zero-order chi connectivity index (χ0) is 8.39. The van der Waals surface area contributed by atoms with Crippen molar-refractivity contribution in [2.75, 3.05) is 13.1 Å². The minimum Gasteiger partial charge on any atom is -0.360 e. The van der Waals surface area contributed by atoms with Gasteiger partial charge in [0.15, 0.2) is 5.76 Å². The van der Waals surface area contributed by atoms with Gasteiger partial charge in [0.25, 0.3) is 0 Å². The Bertz CT molecular complexity index is 251. The quantitative estimate of drug-likeness (QED) is 0.668. The largest absolute Gasteiger partial charge is 0.360 e. The third kappa shape index (κ3) is 1.67.